The number of halogens is 1. The summed E-state index contributed by atoms with van der Waals surface area (Å²) in [6, 6.07) is 7.23. The van der Waals surface area contributed by atoms with Gasteiger partial charge in [-0.2, -0.15) is 4.99 Å². The van der Waals surface area contributed by atoms with E-state index in [1.54, 1.807) is 35.0 Å². The zero-order valence-corrected chi connectivity index (χ0v) is 12.1. The van der Waals surface area contributed by atoms with Crippen LogP contribution in [0.15, 0.2) is 35.5 Å². The van der Waals surface area contributed by atoms with Gasteiger partial charge in [0.15, 0.2) is 5.96 Å². The van der Waals surface area contributed by atoms with Crippen LogP contribution in [0.2, 0.25) is 5.02 Å². The highest BCUT2D eigenvalue weighted by Crippen LogP contribution is 2.13. The third-order valence-corrected chi connectivity index (χ3v) is 2.88. The summed E-state index contributed by atoms with van der Waals surface area (Å²) < 4.78 is 1.63. The second-order valence-electron chi connectivity index (χ2n) is 4.35. The van der Waals surface area contributed by atoms with E-state index in [1.165, 1.54) is 0 Å². The van der Waals surface area contributed by atoms with E-state index in [0.717, 1.165) is 5.69 Å². The maximum atomic E-state index is 7.68. The van der Waals surface area contributed by atoms with Crippen molar-refractivity contribution in [1.82, 2.24) is 19.9 Å². The van der Waals surface area contributed by atoms with Crippen molar-refractivity contribution in [2.45, 2.75) is 6.54 Å². The van der Waals surface area contributed by atoms with Crippen LogP contribution in [0.25, 0.3) is 5.69 Å². The zero-order valence-electron chi connectivity index (χ0n) is 11.4. The van der Waals surface area contributed by atoms with Crippen molar-refractivity contribution in [1.29, 1.82) is 5.41 Å². The molecule has 8 nitrogen and oxygen atoms in total. The molecule has 0 aliphatic heterocycles. The Labute approximate surface area is 126 Å². The van der Waals surface area contributed by atoms with Gasteiger partial charge in [-0.3, -0.25) is 5.41 Å². The smallest absolute Gasteiger partial charge is 0.221 e. The first kappa shape index (κ1) is 14.8. The van der Waals surface area contributed by atoms with Crippen LogP contribution in [0, 0.1) is 5.41 Å². The van der Waals surface area contributed by atoms with Gasteiger partial charge in [0.2, 0.25) is 5.96 Å². The molecule has 21 heavy (non-hydrogen) atoms. The third-order valence-electron chi connectivity index (χ3n) is 2.63. The molecule has 0 fully saturated rings. The van der Waals surface area contributed by atoms with E-state index in [0.29, 0.717) is 17.3 Å². The summed E-state index contributed by atoms with van der Waals surface area (Å²) in [5, 5.41) is 16.4. The van der Waals surface area contributed by atoms with Crippen LogP contribution in [0.1, 0.15) is 5.69 Å². The summed E-state index contributed by atoms with van der Waals surface area (Å²) in [6.45, 7) is 0.364. The van der Waals surface area contributed by atoms with Crippen molar-refractivity contribution >= 4 is 23.5 Å². The van der Waals surface area contributed by atoms with Crippen molar-refractivity contribution < 1.29 is 0 Å². The minimum Gasteiger partial charge on any atom is -0.370 e. The molecule has 0 saturated heterocycles. The molecule has 0 amide bonds. The highest BCUT2D eigenvalue weighted by Gasteiger charge is 2.08. The summed E-state index contributed by atoms with van der Waals surface area (Å²) in [5.74, 6) is -0.201. The Bertz CT molecular complexity index is 656. The standard InChI is InChI=1S/C12H15ClN8/c1-20(12(16)17-11(14)15)6-9-7-21(19-18-9)10-4-2-8(13)3-5-10/h2-5,7H,6H2,1H3,(H5,14,15,16,17). The van der Waals surface area contributed by atoms with Gasteiger partial charge < -0.3 is 16.4 Å². The molecule has 0 atom stereocenters. The van der Waals surface area contributed by atoms with Crippen molar-refractivity contribution in [3.05, 3.63) is 41.2 Å². The SMILES string of the molecule is CN(Cc1cn(-c2ccc(Cl)cc2)nn1)C(=N)N=C(N)N. The number of hydrogen-bond donors (Lipinski definition) is 3. The van der Waals surface area contributed by atoms with Gasteiger partial charge in [0, 0.05) is 12.1 Å². The largest absolute Gasteiger partial charge is 0.370 e. The fourth-order valence-electron chi connectivity index (χ4n) is 1.62. The van der Waals surface area contributed by atoms with Crippen molar-refractivity contribution in [3.8, 4) is 5.69 Å². The van der Waals surface area contributed by atoms with Crippen LogP contribution >= 0.6 is 11.6 Å². The molecule has 0 radical (unpaired) electrons. The minimum atomic E-state index is -0.156. The van der Waals surface area contributed by atoms with E-state index < -0.39 is 0 Å². The van der Waals surface area contributed by atoms with Crippen LogP contribution < -0.4 is 11.5 Å². The predicted molar refractivity (Wildman–Crippen MR) is 81.4 cm³/mol. The molecule has 110 valence electrons. The molecule has 2 aromatic rings. The number of rotatable bonds is 3. The molecule has 0 saturated carbocycles. The summed E-state index contributed by atoms with van der Waals surface area (Å²) in [7, 11) is 1.69. The van der Waals surface area contributed by atoms with Gasteiger partial charge in [-0.1, -0.05) is 16.8 Å². The molecule has 0 aliphatic carbocycles. The first-order chi connectivity index (χ1) is 9.95. The fourth-order valence-corrected chi connectivity index (χ4v) is 1.74. The molecular weight excluding hydrogens is 292 g/mol. The maximum Gasteiger partial charge on any atom is 0.221 e. The second-order valence-corrected chi connectivity index (χ2v) is 4.78. The number of nitrogens with zero attached hydrogens (tertiary/aromatic N) is 5. The summed E-state index contributed by atoms with van der Waals surface area (Å²) in [5.41, 5.74) is 12.0. The molecular formula is C12H15ClN8. The fraction of sp³-hybridized carbons (Fsp3) is 0.167. The average Bonchev–Trinajstić information content (AvgIpc) is 2.87. The van der Waals surface area contributed by atoms with Gasteiger partial charge in [0.1, 0.15) is 5.69 Å². The lowest BCUT2D eigenvalue weighted by atomic mass is 10.3. The third kappa shape index (κ3) is 3.93. The zero-order chi connectivity index (χ0) is 15.4. The van der Waals surface area contributed by atoms with Gasteiger partial charge in [0.25, 0.3) is 0 Å². The van der Waals surface area contributed by atoms with Crippen LogP contribution in [-0.2, 0) is 6.54 Å². The number of hydrogen-bond acceptors (Lipinski definition) is 3. The highest BCUT2D eigenvalue weighted by molar-refractivity contribution is 6.30. The number of aromatic nitrogens is 3. The van der Waals surface area contributed by atoms with E-state index in [-0.39, 0.29) is 11.9 Å². The number of aliphatic imine (C=N–C) groups is 1. The lowest BCUT2D eigenvalue weighted by Gasteiger charge is -2.14. The molecule has 1 aromatic heterocycles. The summed E-state index contributed by atoms with van der Waals surface area (Å²) in [4.78, 5) is 5.21. The molecule has 0 spiro atoms. The monoisotopic (exact) mass is 306 g/mol. The van der Waals surface area contributed by atoms with E-state index >= 15 is 0 Å². The first-order valence-electron chi connectivity index (χ1n) is 6.02. The lowest BCUT2D eigenvalue weighted by molar-refractivity contribution is 0.483. The lowest BCUT2D eigenvalue weighted by Crippen LogP contribution is -2.30. The quantitative estimate of drug-likeness (QED) is 0.565. The van der Waals surface area contributed by atoms with Gasteiger partial charge in [-0.25, -0.2) is 4.68 Å². The Morgan fingerprint density at radius 2 is 2.05 bits per heavy atom. The topological polar surface area (TPSA) is 122 Å². The number of nitrogens with two attached hydrogens (primary N) is 2. The van der Waals surface area contributed by atoms with Crippen molar-refractivity contribution in [3.63, 3.8) is 0 Å². The maximum absolute atomic E-state index is 7.68. The molecule has 0 bridgehead atoms. The Morgan fingerprint density at radius 3 is 2.67 bits per heavy atom. The van der Waals surface area contributed by atoms with Crippen LogP contribution in [0.5, 0.6) is 0 Å². The Balaban J connectivity index is 2.08. The van der Waals surface area contributed by atoms with Gasteiger partial charge >= 0.3 is 0 Å². The molecule has 0 aliphatic rings. The van der Waals surface area contributed by atoms with E-state index in [4.69, 9.17) is 28.5 Å². The number of nitrogens with one attached hydrogen (secondary N) is 1. The summed E-state index contributed by atoms with van der Waals surface area (Å²) >= 11 is 5.84. The summed E-state index contributed by atoms with van der Waals surface area (Å²) in [6.07, 6.45) is 1.77. The highest BCUT2D eigenvalue weighted by atomic mass is 35.5. The number of benzene rings is 1. The van der Waals surface area contributed by atoms with Gasteiger partial charge in [0.05, 0.1) is 18.4 Å². The molecule has 1 aromatic carbocycles. The Hall–Kier alpha value is -2.61. The Kier molecular flexibility index (Phi) is 4.39. The van der Waals surface area contributed by atoms with Gasteiger partial charge in [-0.15, -0.1) is 5.10 Å². The predicted octanol–water partition coefficient (Wildman–Crippen LogP) is 0.561. The Morgan fingerprint density at radius 1 is 1.38 bits per heavy atom. The molecule has 2 rings (SSSR count). The average molecular weight is 307 g/mol. The van der Waals surface area contributed by atoms with Crippen LogP contribution in [-0.4, -0.2) is 38.9 Å². The molecule has 1 heterocycles. The van der Waals surface area contributed by atoms with E-state index in [9.17, 15) is 0 Å². The van der Waals surface area contributed by atoms with E-state index in [2.05, 4.69) is 15.3 Å². The number of guanidine groups is 2. The minimum absolute atomic E-state index is 0.0453. The molecule has 9 heteroatoms. The van der Waals surface area contributed by atoms with Crippen molar-refractivity contribution in [2.24, 2.45) is 16.5 Å². The van der Waals surface area contributed by atoms with Crippen LogP contribution in [0.4, 0.5) is 0 Å². The molecule has 0 unspecified atom stereocenters. The first-order valence-corrected chi connectivity index (χ1v) is 6.40. The van der Waals surface area contributed by atoms with Gasteiger partial charge in [-0.05, 0) is 24.3 Å². The molecule has 5 N–H and O–H groups in total. The second kappa shape index (κ2) is 6.23. The van der Waals surface area contributed by atoms with E-state index in [1.807, 2.05) is 12.1 Å². The van der Waals surface area contributed by atoms with Crippen molar-refractivity contribution in [2.75, 3.05) is 7.05 Å². The normalized spacial score (nSPS) is 10.2. The van der Waals surface area contributed by atoms with Crippen LogP contribution in [0.3, 0.4) is 0 Å².